The van der Waals surface area contributed by atoms with Gasteiger partial charge in [-0.25, -0.2) is 0 Å². The van der Waals surface area contributed by atoms with Crippen LogP contribution in [0, 0.1) is 0 Å². The second-order valence-corrected chi connectivity index (χ2v) is 5.41. The summed E-state index contributed by atoms with van der Waals surface area (Å²) < 4.78 is 0. The van der Waals surface area contributed by atoms with Crippen molar-refractivity contribution in [2.24, 2.45) is 0 Å². The van der Waals surface area contributed by atoms with Crippen molar-refractivity contribution in [3.63, 3.8) is 0 Å². The summed E-state index contributed by atoms with van der Waals surface area (Å²) >= 11 is 0. The van der Waals surface area contributed by atoms with Gasteiger partial charge >= 0.3 is 0 Å². The lowest BCUT2D eigenvalue weighted by atomic mass is 10.0. The number of nitrogens with zero attached hydrogens (tertiary/aromatic N) is 2. The first-order valence-corrected chi connectivity index (χ1v) is 6.89. The fourth-order valence-corrected chi connectivity index (χ4v) is 2.11. The fraction of sp³-hybridized carbons (Fsp3) is 1.00. The molecule has 0 N–H and O–H groups in total. The summed E-state index contributed by atoms with van der Waals surface area (Å²) in [6, 6.07) is 0.789. The van der Waals surface area contributed by atoms with Crippen molar-refractivity contribution in [3.8, 4) is 0 Å². The van der Waals surface area contributed by atoms with Crippen molar-refractivity contribution in [3.05, 3.63) is 0 Å². The Morgan fingerprint density at radius 1 is 0.812 bits per heavy atom. The molecule has 0 aromatic carbocycles. The Morgan fingerprint density at radius 3 is 1.94 bits per heavy atom. The second kappa shape index (κ2) is 10.1. The maximum absolute atomic E-state index is 2.40. The smallest absolute Gasteiger partial charge is 0.00896 e. The van der Waals surface area contributed by atoms with E-state index in [1.165, 1.54) is 51.5 Å². The Morgan fingerprint density at radius 2 is 1.44 bits per heavy atom. The van der Waals surface area contributed by atoms with Crippen LogP contribution in [0.1, 0.15) is 51.9 Å². The molecule has 0 saturated carbocycles. The Labute approximate surface area is 103 Å². The van der Waals surface area contributed by atoms with Crippen LogP contribution in [0.2, 0.25) is 0 Å². The zero-order valence-corrected chi connectivity index (χ0v) is 12.1. The minimum atomic E-state index is 0.789. The quantitative estimate of drug-likeness (QED) is 0.530. The van der Waals surface area contributed by atoms with Gasteiger partial charge in [-0.05, 0) is 54.0 Å². The predicted molar refractivity (Wildman–Crippen MR) is 74.0 cm³/mol. The molecule has 0 spiro atoms. The van der Waals surface area contributed by atoms with E-state index in [2.05, 4.69) is 44.9 Å². The molecule has 0 fully saturated rings. The van der Waals surface area contributed by atoms with Gasteiger partial charge in [-0.1, -0.05) is 32.6 Å². The van der Waals surface area contributed by atoms with E-state index in [0.29, 0.717) is 0 Å². The predicted octanol–water partition coefficient (Wildman–Crippen LogP) is 3.23. The van der Waals surface area contributed by atoms with Crippen molar-refractivity contribution in [1.82, 2.24) is 9.80 Å². The number of rotatable bonds is 10. The minimum Gasteiger partial charge on any atom is -0.309 e. The largest absolute Gasteiger partial charge is 0.309 e. The number of hydrogen-bond donors (Lipinski definition) is 0. The molecular formula is C14H32N2. The van der Waals surface area contributed by atoms with Crippen LogP contribution in [0.15, 0.2) is 0 Å². The molecule has 0 saturated heterocycles. The summed E-state index contributed by atoms with van der Waals surface area (Å²) in [4.78, 5) is 4.69. The van der Waals surface area contributed by atoms with Crippen LogP contribution in [-0.4, -0.2) is 50.6 Å². The highest BCUT2D eigenvalue weighted by molar-refractivity contribution is 4.67. The monoisotopic (exact) mass is 228 g/mol. The molecule has 0 aliphatic rings. The van der Waals surface area contributed by atoms with E-state index in [1.807, 2.05) is 0 Å². The van der Waals surface area contributed by atoms with E-state index in [4.69, 9.17) is 0 Å². The van der Waals surface area contributed by atoms with Gasteiger partial charge < -0.3 is 9.80 Å². The third-order valence-electron chi connectivity index (χ3n) is 3.26. The molecule has 2 nitrogen and oxygen atoms in total. The number of hydrogen-bond acceptors (Lipinski definition) is 2. The highest BCUT2D eigenvalue weighted by atomic mass is 15.1. The topological polar surface area (TPSA) is 6.48 Å². The lowest BCUT2D eigenvalue weighted by Crippen LogP contribution is -2.29. The molecular weight excluding hydrogens is 196 g/mol. The van der Waals surface area contributed by atoms with Crippen LogP contribution < -0.4 is 0 Å². The third kappa shape index (κ3) is 9.17. The van der Waals surface area contributed by atoms with E-state index >= 15 is 0 Å². The molecule has 1 atom stereocenters. The first-order valence-electron chi connectivity index (χ1n) is 6.89. The van der Waals surface area contributed by atoms with Gasteiger partial charge in [-0.3, -0.25) is 0 Å². The molecule has 1 unspecified atom stereocenters. The molecule has 0 rings (SSSR count). The molecule has 0 amide bonds. The SMILES string of the molecule is CCCCCCC(CCCN(C)C)N(C)C. The first-order chi connectivity index (χ1) is 7.57. The van der Waals surface area contributed by atoms with Gasteiger partial charge in [0.15, 0.2) is 0 Å². The van der Waals surface area contributed by atoms with Crippen LogP contribution in [0.4, 0.5) is 0 Å². The molecule has 0 radical (unpaired) electrons. The number of unbranched alkanes of at least 4 members (excludes halogenated alkanes) is 3. The maximum atomic E-state index is 2.40. The average Bonchev–Trinajstić information content (AvgIpc) is 2.20. The van der Waals surface area contributed by atoms with Crippen LogP contribution >= 0.6 is 0 Å². The zero-order chi connectivity index (χ0) is 12.4. The van der Waals surface area contributed by atoms with Gasteiger partial charge in [0.1, 0.15) is 0 Å². The van der Waals surface area contributed by atoms with Crippen molar-refractivity contribution >= 4 is 0 Å². The Balaban J connectivity index is 3.63. The standard InChI is InChI=1S/C14H32N2/c1-6-7-8-9-11-14(16(4)5)12-10-13-15(2)3/h14H,6-13H2,1-5H3. The first kappa shape index (κ1) is 15.9. The molecule has 0 aromatic heterocycles. The van der Waals surface area contributed by atoms with E-state index in [0.717, 1.165) is 6.04 Å². The third-order valence-corrected chi connectivity index (χ3v) is 3.26. The van der Waals surface area contributed by atoms with Gasteiger partial charge in [0.2, 0.25) is 0 Å². The summed E-state index contributed by atoms with van der Waals surface area (Å²) in [6.07, 6.45) is 9.60. The average molecular weight is 228 g/mol. The summed E-state index contributed by atoms with van der Waals surface area (Å²) in [6.45, 7) is 3.50. The van der Waals surface area contributed by atoms with Gasteiger partial charge in [-0.2, -0.15) is 0 Å². The molecule has 0 aliphatic carbocycles. The molecule has 98 valence electrons. The van der Waals surface area contributed by atoms with Crippen molar-refractivity contribution in [1.29, 1.82) is 0 Å². The van der Waals surface area contributed by atoms with Crippen molar-refractivity contribution in [2.45, 2.75) is 57.9 Å². The van der Waals surface area contributed by atoms with Gasteiger partial charge in [0.05, 0.1) is 0 Å². The minimum absolute atomic E-state index is 0.789. The van der Waals surface area contributed by atoms with Crippen LogP contribution in [0.5, 0.6) is 0 Å². The summed E-state index contributed by atoms with van der Waals surface area (Å²) in [5.41, 5.74) is 0. The normalized spacial score (nSPS) is 13.7. The van der Waals surface area contributed by atoms with Crippen molar-refractivity contribution < 1.29 is 0 Å². The molecule has 0 bridgehead atoms. The Kier molecular flexibility index (Phi) is 10.0. The maximum Gasteiger partial charge on any atom is 0.00896 e. The second-order valence-electron chi connectivity index (χ2n) is 5.41. The summed E-state index contributed by atoms with van der Waals surface area (Å²) in [5.74, 6) is 0. The van der Waals surface area contributed by atoms with E-state index < -0.39 is 0 Å². The van der Waals surface area contributed by atoms with E-state index in [-0.39, 0.29) is 0 Å². The highest BCUT2D eigenvalue weighted by Crippen LogP contribution is 2.13. The lowest BCUT2D eigenvalue weighted by Gasteiger charge is -2.25. The van der Waals surface area contributed by atoms with Crippen LogP contribution in [0.25, 0.3) is 0 Å². The summed E-state index contributed by atoms with van der Waals surface area (Å²) in [7, 11) is 8.76. The highest BCUT2D eigenvalue weighted by Gasteiger charge is 2.10. The van der Waals surface area contributed by atoms with Gasteiger partial charge in [0.25, 0.3) is 0 Å². The van der Waals surface area contributed by atoms with E-state index in [9.17, 15) is 0 Å². The van der Waals surface area contributed by atoms with Crippen LogP contribution in [0.3, 0.4) is 0 Å². The van der Waals surface area contributed by atoms with Gasteiger partial charge in [0, 0.05) is 6.04 Å². The Hall–Kier alpha value is -0.0800. The zero-order valence-electron chi connectivity index (χ0n) is 12.1. The van der Waals surface area contributed by atoms with E-state index in [1.54, 1.807) is 0 Å². The molecule has 0 aliphatic heterocycles. The fourth-order valence-electron chi connectivity index (χ4n) is 2.11. The lowest BCUT2D eigenvalue weighted by molar-refractivity contribution is 0.244. The molecule has 2 heteroatoms. The molecule has 0 heterocycles. The van der Waals surface area contributed by atoms with Gasteiger partial charge in [-0.15, -0.1) is 0 Å². The van der Waals surface area contributed by atoms with Crippen LogP contribution in [-0.2, 0) is 0 Å². The summed E-state index contributed by atoms with van der Waals surface area (Å²) in [5, 5.41) is 0. The molecule has 16 heavy (non-hydrogen) atoms. The molecule has 0 aromatic rings. The van der Waals surface area contributed by atoms with Crippen molar-refractivity contribution in [2.75, 3.05) is 34.7 Å². The Bertz CT molecular complexity index is 144.